The highest BCUT2D eigenvalue weighted by atomic mass is 16.8. The summed E-state index contributed by atoms with van der Waals surface area (Å²) in [7, 11) is 0. The quantitative estimate of drug-likeness (QED) is 0.0199. The zero-order valence-corrected chi connectivity index (χ0v) is 68.7. The molecule has 3 saturated heterocycles. The van der Waals surface area contributed by atoms with Crippen molar-refractivity contribution < 1.29 is 89.4 Å². The van der Waals surface area contributed by atoms with Gasteiger partial charge in [0.25, 0.3) is 0 Å². The molecule has 3 fully saturated rings. The minimum Gasteiger partial charge on any atom is -0.394 e. The van der Waals surface area contributed by atoms with E-state index in [9.17, 15) is 61.0 Å². The van der Waals surface area contributed by atoms with Gasteiger partial charge in [-0.2, -0.15) is 0 Å². The maximum absolute atomic E-state index is 13.5. The molecule has 0 saturated carbocycles. The monoisotopic (exact) mass is 1560 g/mol. The first kappa shape index (κ1) is 101. The maximum atomic E-state index is 13.5. The van der Waals surface area contributed by atoms with E-state index in [4.69, 9.17) is 28.4 Å². The Kier molecular flexibility index (Phi) is 64.2. The molecule has 17 atom stereocenters. The number of allylic oxidation sites excluding steroid dienone is 15. The van der Waals surface area contributed by atoms with E-state index in [1.54, 1.807) is 6.08 Å². The molecule has 0 aliphatic carbocycles. The minimum absolute atomic E-state index is 0.231. The summed E-state index contributed by atoms with van der Waals surface area (Å²) in [4.78, 5) is 13.5. The van der Waals surface area contributed by atoms with Crippen LogP contribution in [0.2, 0.25) is 0 Å². The second kappa shape index (κ2) is 70.0. The molecule has 3 heterocycles. The van der Waals surface area contributed by atoms with Crippen LogP contribution in [0.25, 0.3) is 0 Å². The molecule has 3 rings (SSSR count). The number of carbonyl (C=O) groups is 1. The van der Waals surface area contributed by atoms with Crippen LogP contribution in [0.5, 0.6) is 0 Å². The summed E-state index contributed by atoms with van der Waals surface area (Å²) in [6, 6.07) is -1.00. The normalized spacial score (nSPS) is 25.6. The number of unbranched alkanes of at least 4 members (excludes halogenated alkanes) is 41. The van der Waals surface area contributed by atoms with E-state index in [2.05, 4.69) is 104 Å². The molecular weight excluding hydrogens is 1390 g/mol. The van der Waals surface area contributed by atoms with Crippen LogP contribution in [-0.4, -0.2) is 193 Å². The third-order valence-electron chi connectivity index (χ3n) is 21.6. The number of hydrogen-bond donors (Lipinski definition) is 12. The Bertz CT molecular complexity index is 2360. The average Bonchev–Trinajstić information content (AvgIpc) is 0.784. The fraction of sp³-hybridized carbons (Fsp3) is 0.813. The van der Waals surface area contributed by atoms with Crippen LogP contribution in [0.1, 0.15) is 341 Å². The first-order chi connectivity index (χ1) is 53.8. The molecule has 0 spiro atoms. The first-order valence-electron chi connectivity index (χ1n) is 44.5. The lowest BCUT2D eigenvalue weighted by Crippen LogP contribution is -2.66. The zero-order valence-electron chi connectivity index (χ0n) is 68.7. The van der Waals surface area contributed by atoms with Gasteiger partial charge in [-0.1, -0.05) is 342 Å². The Labute approximate surface area is 666 Å². The van der Waals surface area contributed by atoms with E-state index in [-0.39, 0.29) is 18.9 Å². The Hall–Kier alpha value is -3.29. The van der Waals surface area contributed by atoms with Crippen molar-refractivity contribution in [2.24, 2.45) is 0 Å². The summed E-state index contributed by atoms with van der Waals surface area (Å²) in [5, 5.41) is 121. The SMILES string of the molecule is CC/C=C\C/C=C\C/C=C\C/C=C\C/C=C\CCCCCCCCCCCCCCCCCCCCCCCC(=O)NC(COC1OC(CO)C(OC2OC(CO)C(OC3OC(CO)C(O)C(O)C3O)C(O)C2O)C(O)C1O)C(O)/C=C/CC/C=C/CC/C=C/CCCCCCCCCCCCCCCCCCCC. The second-order valence-corrected chi connectivity index (χ2v) is 31.3. The van der Waals surface area contributed by atoms with Crippen LogP contribution in [0.4, 0.5) is 0 Å². The summed E-state index contributed by atoms with van der Waals surface area (Å²) in [5.74, 6) is -0.286. The van der Waals surface area contributed by atoms with Crippen molar-refractivity contribution in [1.82, 2.24) is 5.32 Å². The first-order valence-corrected chi connectivity index (χ1v) is 44.5. The third-order valence-corrected chi connectivity index (χ3v) is 21.6. The van der Waals surface area contributed by atoms with Gasteiger partial charge in [-0.05, 0) is 89.9 Å². The Balaban J connectivity index is 1.34. The van der Waals surface area contributed by atoms with Crippen molar-refractivity contribution in [2.75, 3.05) is 26.4 Å². The predicted octanol–water partition coefficient (Wildman–Crippen LogP) is 16.7. The molecule has 0 aromatic rings. The van der Waals surface area contributed by atoms with Crippen LogP contribution in [0.3, 0.4) is 0 Å². The van der Waals surface area contributed by atoms with E-state index in [0.717, 1.165) is 77.0 Å². The van der Waals surface area contributed by atoms with Gasteiger partial charge in [-0.25, -0.2) is 0 Å². The lowest BCUT2D eigenvalue weighted by molar-refractivity contribution is -0.379. The molecule has 12 N–H and O–H groups in total. The summed E-state index contributed by atoms with van der Waals surface area (Å²) in [6.45, 7) is 1.64. The molecule has 1 amide bonds. The fourth-order valence-corrected chi connectivity index (χ4v) is 14.5. The van der Waals surface area contributed by atoms with Gasteiger partial charge in [0.15, 0.2) is 18.9 Å². The molecule has 3 aliphatic heterocycles. The van der Waals surface area contributed by atoms with Crippen LogP contribution in [0.15, 0.2) is 97.2 Å². The summed E-state index contributed by atoms with van der Waals surface area (Å²) < 4.78 is 34.5. The van der Waals surface area contributed by atoms with Crippen molar-refractivity contribution in [3.8, 4) is 0 Å². The molecule has 17 unspecified atom stereocenters. The third kappa shape index (κ3) is 48.3. The molecule has 638 valence electrons. The highest BCUT2D eigenvalue weighted by Crippen LogP contribution is 2.33. The van der Waals surface area contributed by atoms with Gasteiger partial charge < -0.3 is 89.9 Å². The van der Waals surface area contributed by atoms with Gasteiger partial charge in [-0.3, -0.25) is 4.79 Å². The molecule has 19 heteroatoms. The second-order valence-electron chi connectivity index (χ2n) is 31.3. The van der Waals surface area contributed by atoms with Crippen molar-refractivity contribution in [2.45, 2.75) is 446 Å². The Morgan fingerprint density at radius 2 is 0.636 bits per heavy atom. The maximum Gasteiger partial charge on any atom is 0.220 e. The van der Waals surface area contributed by atoms with Gasteiger partial charge in [0.05, 0.1) is 38.6 Å². The molecule has 0 aromatic heterocycles. The number of aliphatic hydroxyl groups excluding tert-OH is 11. The van der Waals surface area contributed by atoms with Crippen molar-refractivity contribution in [3.05, 3.63) is 97.2 Å². The summed E-state index contributed by atoms with van der Waals surface area (Å²) in [5.41, 5.74) is 0. The average molecular weight is 1560 g/mol. The van der Waals surface area contributed by atoms with E-state index < -0.39 is 124 Å². The molecule has 0 aromatic carbocycles. The van der Waals surface area contributed by atoms with E-state index in [0.29, 0.717) is 12.8 Å². The van der Waals surface area contributed by atoms with Crippen LogP contribution in [0, 0.1) is 0 Å². The topological polar surface area (TPSA) is 307 Å². The lowest BCUT2D eigenvalue weighted by atomic mass is 9.96. The van der Waals surface area contributed by atoms with Crippen LogP contribution < -0.4 is 5.32 Å². The molecular formula is C91H161NO18. The summed E-state index contributed by atoms with van der Waals surface area (Å²) >= 11 is 0. The molecule has 110 heavy (non-hydrogen) atoms. The fourth-order valence-electron chi connectivity index (χ4n) is 14.5. The largest absolute Gasteiger partial charge is 0.394 e. The number of amides is 1. The molecule has 3 aliphatic rings. The highest BCUT2D eigenvalue weighted by molar-refractivity contribution is 5.76. The van der Waals surface area contributed by atoms with E-state index in [1.165, 1.54) is 231 Å². The smallest absolute Gasteiger partial charge is 0.220 e. The van der Waals surface area contributed by atoms with Gasteiger partial charge in [-0.15, -0.1) is 0 Å². The van der Waals surface area contributed by atoms with Crippen molar-refractivity contribution in [1.29, 1.82) is 0 Å². The zero-order chi connectivity index (χ0) is 79.5. The van der Waals surface area contributed by atoms with Gasteiger partial charge in [0.2, 0.25) is 5.91 Å². The van der Waals surface area contributed by atoms with Gasteiger partial charge >= 0.3 is 0 Å². The summed E-state index contributed by atoms with van der Waals surface area (Å²) in [6.07, 6.45) is 69.9. The Morgan fingerprint density at radius 3 is 1.02 bits per heavy atom. The molecule has 19 nitrogen and oxygen atoms in total. The lowest BCUT2D eigenvalue weighted by Gasteiger charge is -2.48. The molecule has 0 bridgehead atoms. The van der Waals surface area contributed by atoms with E-state index in [1.807, 2.05) is 6.08 Å². The number of nitrogens with one attached hydrogen (secondary N) is 1. The van der Waals surface area contributed by atoms with Gasteiger partial charge in [0.1, 0.15) is 73.2 Å². The predicted molar refractivity (Wildman–Crippen MR) is 443 cm³/mol. The number of hydrogen-bond acceptors (Lipinski definition) is 18. The minimum atomic E-state index is -1.99. The van der Waals surface area contributed by atoms with Crippen molar-refractivity contribution in [3.63, 3.8) is 0 Å². The van der Waals surface area contributed by atoms with E-state index >= 15 is 0 Å². The number of carbonyl (C=O) groups excluding carboxylic acids is 1. The number of ether oxygens (including phenoxy) is 6. The van der Waals surface area contributed by atoms with Crippen LogP contribution in [-0.2, 0) is 33.2 Å². The Morgan fingerprint density at radius 1 is 0.336 bits per heavy atom. The standard InChI is InChI=1S/C91H161NO18/c1-3-5-7-9-11-13-15-17-19-21-23-25-27-29-31-33-34-35-36-37-38-39-40-41-43-45-47-49-51-53-55-57-59-61-63-65-67-69-79(97)92-74(75(96)68-66-64-62-60-58-56-54-52-50-48-46-44-42-32-30-28-26-24-22-20-18-16-14-12-10-8-6-4-2)73-105-89-85(103)82(100)87(77(71-94)107-89)110-91-86(104)83(101)88(78(72-95)108-91)109-90-84(102)81(99)80(98)76(70-93)106-90/h5,7,11,13,17,19,23,25,29,31,50,52,58,60,66,68,74-78,80-91,93-96,98-104H,3-4,6,8-10,12,14-16,18,20-22,24,26-28,30,32-49,51,53-57,59,61-65,67,69-73H2,1-2H3,(H,92,97)/b7-5-,13-11-,19-17-,25-23-,31-29-,52-50+,60-58+,68-66+. The van der Waals surface area contributed by atoms with Crippen LogP contribution >= 0.6 is 0 Å². The van der Waals surface area contributed by atoms with Gasteiger partial charge in [0, 0.05) is 6.42 Å². The number of aliphatic hydroxyl groups is 11. The molecule has 0 radical (unpaired) electrons. The number of rotatable bonds is 71. The van der Waals surface area contributed by atoms with Crippen molar-refractivity contribution >= 4 is 5.91 Å². The highest BCUT2D eigenvalue weighted by Gasteiger charge is 2.54.